The highest BCUT2D eigenvalue weighted by atomic mass is 15.2. The summed E-state index contributed by atoms with van der Waals surface area (Å²) < 4.78 is 0. The summed E-state index contributed by atoms with van der Waals surface area (Å²) in [6.07, 6.45) is 7.10. The summed E-state index contributed by atoms with van der Waals surface area (Å²) in [5, 5.41) is 3.57. The van der Waals surface area contributed by atoms with Crippen molar-refractivity contribution in [2.24, 2.45) is 0 Å². The second kappa shape index (κ2) is 4.42. The Bertz CT molecular complexity index is 317. The van der Waals surface area contributed by atoms with E-state index in [0.717, 1.165) is 6.54 Å². The molecule has 1 aromatic rings. The van der Waals surface area contributed by atoms with E-state index in [9.17, 15) is 0 Å². The maximum atomic E-state index is 4.59. The Hall–Kier alpha value is -1.09. The Morgan fingerprint density at radius 2 is 2.12 bits per heavy atom. The molecule has 86 valence electrons. The quantitative estimate of drug-likeness (QED) is 0.822. The van der Waals surface area contributed by atoms with Gasteiger partial charge in [-0.1, -0.05) is 6.07 Å². The lowest BCUT2D eigenvalue weighted by molar-refractivity contribution is 0.642. The van der Waals surface area contributed by atoms with Gasteiger partial charge in [-0.3, -0.25) is 0 Å². The minimum Gasteiger partial charge on any atom is -0.356 e. The molecule has 0 amide bonds. The molecule has 2 aliphatic rings. The van der Waals surface area contributed by atoms with Crippen LogP contribution in [-0.2, 0) is 0 Å². The van der Waals surface area contributed by atoms with Crippen LogP contribution in [0.15, 0.2) is 18.3 Å². The fourth-order valence-electron chi connectivity index (χ4n) is 2.82. The Morgan fingerprint density at radius 1 is 1.25 bits per heavy atom. The number of aromatic nitrogens is 1. The van der Waals surface area contributed by atoms with E-state index in [1.807, 2.05) is 6.20 Å². The van der Waals surface area contributed by atoms with E-state index in [0.29, 0.717) is 6.04 Å². The molecular weight excluding hydrogens is 198 g/mol. The fraction of sp³-hybridized carbons (Fsp3) is 0.615. The van der Waals surface area contributed by atoms with Gasteiger partial charge in [-0.05, 0) is 38.3 Å². The van der Waals surface area contributed by atoms with Crippen LogP contribution in [0.25, 0.3) is 0 Å². The molecule has 3 heterocycles. The molecule has 3 nitrogen and oxygen atoms in total. The zero-order valence-electron chi connectivity index (χ0n) is 9.65. The van der Waals surface area contributed by atoms with Crippen LogP contribution in [0.5, 0.6) is 0 Å². The molecule has 2 saturated heterocycles. The number of rotatable bonds is 2. The molecule has 3 rings (SSSR count). The van der Waals surface area contributed by atoms with Crippen molar-refractivity contribution in [3.63, 3.8) is 0 Å². The molecule has 1 N–H and O–H groups in total. The van der Waals surface area contributed by atoms with Crippen LogP contribution in [0.4, 0.5) is 5.82 Å². The second-order valence-electron chi connectivity index (χ2n) is 4.76. The van der Waals surface area contributed by atoms with Crippen LogP contribution in [0.3, 0.4) is 0 Å². The first-order valence-electron chi connectivity index (χ1n) is 6.38. The van der Waals surface area contributed by atoms with Crippen molar-refractivity contribution in [1.82, 2.24) is 10.3 Å². The van der Waals surface area contributed by atoms with E-state index in [4.69, 9.17) is 0 Å². The predicted molar refractivity (Wildman–Crippen MR) is 65.7 cm³/mol. The van der Waals surface area contributed by atoms with Gasteiger partial charge in [-0.25, -0.2) is 4.98 Å². The number of hydrogen-bond acceptors (Lipinski definition) is 3. The van der Waals surface area contributed by atoms with Crippen molar-refractivity contribution in [3.05, 3.63) is 23.9 Å². The van der Waals surface area contributed by atoms with Crippen LogP contribution < -0.4 is 10.2 Å². The average Bonchev–Trinajstić information content (AvgIpc) is 3.03. The average molecular weight is 217 g/mol. The molecule has 2 aliphatic heterocycles. The van der Waals surface area contributed by atoms with Crippen molar-refractivity contribution in [2.45, 2.75) is 31.7 Å². The molecule has 1 atom stereocenters. The number of nitrogens with one attached hydrogen (secondary N) is 1. The van der Waals surface area contributed by atoms with Crippen molar-refractivity contribution < 1.29 is 0 Å². The van der Waals surface area contributed by atoms with Gasteiger partial charge in [0, 0.05) is 30.9 Å². The molecule has 2 fully saturated rings. The second-order valence-corrected chi connectivity index (χ2v) is 4.76. The van der Waals surface area contributed by atoms with E-state index in [-0.39, 0.29) is 0 Å². The van der Waals surface area contributed by atoms with E-state index in [2.05, 4.69) is 27.3 Å². The van der Waals surface area contributed by atoms with Crippen LogP contribution in [0.1, 0.15) is 37.3 Å². The Balaban J connectivity index is 1.90. The topological polar surface area (TPSA) is 28.2 Å². The largest absolute Gasteiger partial charge is 0.356 e. The molecule has 0 radical (unpaired) electrons. The maximum absolute atomic E-state index is 4.59. The number of hydrogen-bond donors (Lipinski definition) is 1. The summed E-state index contributed by atoms with van der Waals surface area (Å²) in [4.78, 5) is 7.03. The first-order valence-corrected chi connectivity index (χ1v) is 6.38. The summed E-state index contributed by atoms with van der Waals surface area (Å²) in [6.45, 7) is 3.51. The van der Waals surface area contributed by atoms with Gasteiger partial charge >= 0.3 is 0 Å². The zero-order valence-corrected chi connectivity index (χ0v) is 9.65. The van der Waals surface area contributed by atoms with Gasteiger partial charge in [0.15, 0.2) is 0 Å². The smallest absolute Gasteiger partial charge is 0.133 e. The molecule has 0 spiro atoms. The lowest BCUT2D eigenvalue weighted by Crippen LogP contribution is -2.23. The molecule has 0 aromatic carbocycles. The molecule has 0 bridgehead atoms. The molecular formula is C13H19N3. The third kappa shape index (κ3) is 1.80. The molecule has 16 heavy (non-hydrogen) atoms. The monoisotopic (exact) mass is 217 g/mol. The highest BCUT2D eigenvalue weighted by molar-refractivity contribution is 5.49. The van der Waals surface area contributed by atoms with Crippen LogP contribution in [-0.4, -0.2) is 24.6 Å². The first-order chi connectivity index (χ1) is 7.95. The van der Waals surface area contributed by atoms with Gasteiger partial charge in [0.1, 0.15) is 5.82 Å². The maximum Gasteiger partial charge on any atom is 0.133 e. The Labute approximate surface area is 96.9 Å². The van der Waals surface area contributed by atoms with Crippen molar-refractivity contribution in [2.75, 3.05) is 24.5 Å². The van der Waals surface area contributed by atoms with Crippen LogP contribution >= 0.6 is 0 Å². The van der Waals surface area contributed by atoms with E-state index in [1.54, 1.807) is 0 Å². The lowest BCUT2D eigenvalue weighted by Gasteiger charge is -2.22. The third-order valence-electron chi connectivity index (χ3n) is 3.66. The molecule has 1 aromatic heterocycles. The highest BCUT2D eigenvalue weighted by Crippen LogP contribution is 2.31. The van der Waals surface area contributed by atoms with E-state index < -0.39 is 0 Å². The number of anilines is 1. The summed E-state index contributed by atoms with van der Waals surface area (Å²) in [6, 6.07) is 4.84. The molecule has 3 heteroatoms. The summed E-state index contributed by atoms with van der Waals surface area (Å²) in [5.41, 5.74) is 1.40. The Morgan fingerprint density at radius 3 is 2.88 bits per heavy atom. The summed E-state index contributed by atoms with van der Waals surface area (Å²) in [7, 11) is 0. The van der Waals surface area contributed by atoms with Crippen molar-refractivity contribution in [3.8, 4) is 0 Å². The number of pyridine rings is 1. The van der Waals surface area contributed by atoms with Gasteiger partial charge in [0.05, 0.1) is 0 Å². The Kier molecular flexibility index (Phi) is 2.79. The highest BCUT2D eigenvalue weighted by Gasteiger charge is 2.23. The summed E-state index contributed by atoms with van der Waals surface area (Å²) >= 11 is 0. The van der Waals surface area contributed by atoms with Gasteiger partial charge in [0.2, 0.25) is 0 Å². The fourth-order valence-corrected chi connectivity index (χ4v) is 2.82. The minimum atomic E-state index is 0.532. The normalized spacial score (nSPS) is 25.2. The van der Waals surface area contributed by atoms with Crippen molar-refractivity contribution >= 4 is 5.82 Å². The van der Waals surface area contributed by atoms with Crippen LogP contribution in [0.2, 0.25) is 0 Å². The molecule has 0 unspecified atom stereocenters. The standard InChI is InChI=1S/C13H19N3/c1-2-10-16(9-1)13-11(5-3-8-15-13)12-6-4-7-14-12/h3,5,8,12,14H,1-2,4,6-7,9-10H2/t12-/m0/s1. The van der Waals surface area contributed by atoms with E-state index >= 15 is 0 Å². The zero-order chi connectivity index (χ0) is 10.8. The minimum absolute atomic E-state index is 0.532. The predicted octanol–water partition coefficient (Wildman–Crippen LogP) is 2.11. The SMILES string of the molecule is c1cnc(N2CCCC2)c([C@@H]2CCCN2)c1. The van der Waals surface area contributed by atoms with Gasteiger partial charge in [-0.15, -0.1) is 0 Å². The number of nitrogens with zero attached hydrogens (tertiary/aromatic N) is 2. The molecule has 0 saturated carbocycles. The van der Waals surface area contributed by atoms with Gasteiger partial charge in [0.25, 0.3) is 0 Å². The van der Waals surface area contributed by atoms with Gasteiger partial charge < -0.3 is 10.2 Å². The first kappa shape index (κ1) is 10.1. The van der Waals surface area contributed by atoms with Crippen LogP contribution in [0, 0.1) is 0 Å². The van der Waals surface area contributed by atoms with E-state index in [1.165, 1.54) is 50.2 Å². The van der Waals surface area contributed by atoms with Crippen molar-refractivity contribution in [1.29, 1.82) is 0 Å². The summed E-state index contributed by atoms with van der Waals surface area (Å²) in [5.74, 6) is 1.22. The lowest BCUT2D eigenvalue weighted by atomic mass is 10.1. The van der Waals surface area contributed by atoms with Gasteiger partial charge in [-0.2, -0.15) is 0 Å². The third-order valence-corrected chi connectivity index (χ3v) is 3.66. The molecule has 0 aliphatic carbocycles.